The minimum Gasteiger partial charge on any atom is -0.497 e. The molecule has 142 valence electrons. The summed E-state index contributed by atoms with van der Waals surface area (Å²) < 4.78 is 10.5. The first kappa shape index (κ1) is 20.2. The zero-order chi connectivity index (χ0) is 17.8. The monoisotopic (exact) mass is 381 g/mol. The van der Waals surface area contributed by atoms with Crippen LogP contribution in [-0.2, 0) is 11.3 Å². The molecule has 1 aliphatic rings. The van der Waals surface area contributed by atoms with E-state index in [9.17, 15) is 9.90 Å². The number of ether oxygens (including phenoxy) is 1. The van der Waals surface area contributed by atoms with Crippen LogP contribution in [0.1, 0.15) is 25.0 Å². The SMILES string of the molecule is COc1ccc(-c2cc(CNC(=O)[C@H]3CC[C@@H](N)[C@H](O)C3)no2)cc1.Cl. The van der Waals surface area contributed by atoms with Gasteiger partial charge in [0.2, 0.25) is 5.91 Å². The quantitative estimate of drug-likeness (QED) is 0.729. The van der Waals surface area contributed by atoms with Crippen molar-refractivity contribution in [3.05, 3.63) is 36.0 Å². The molecular weight excluding hydrogens is 358 g/mol. The van der Waals surface area contributed by atoms with Crippen LogP contribution in [-0.4, -0.2) is 35.4 Å². The maximum absolute atomic E-state index is 12.2. The van der Waals surface area contributed by atoms with Gasteiger partial charge in [0.05, 0.1) is 19.8 Å². The minimum absolute atomic E-state index is 0. The molecule has 26 heavy (non-hydrogen) atoms. The van der Waals surface area contributed by atoms with Crippen molar-refractivity contribution in [3.63, 3.8) is 0 Å². The van der Waals surface area contributed by atoms with E-state index in [4.69, 9.17) is 15.0 Å². The second-order valence-electron chi connectivity index (χ2n) is 6.37. The number of hydrogen-bond acceptors (Lipinski definition) is 6. The molecule has 0 unspecified atom stereocenters. The summed E-state index contributed by atoms with van der Waals surface area (Å²) in [6.07, 6.45) is 1.14. The van der Waals surface area contributed by atoms with Gasteiger partial charge in [0.1, 0.15) is 11.4 Å². The lowest BCUT2D eigenvalue weighted by Crippen LogP contribution is -2.44. The molecule has 0 radical (unpaired) electrons. The van der Waals surface area contributed by atoms with E-state index in [-0.39, 0.29) is 36.8 Å². The zero-order valence-electron chi connectivity index (χ0n) is 14.6. The second kappa shape index (κ2) is 9.02. The van der Waals surface area contributed by atoms with E-state index in [0.29, 0.717) is 30.7 Å². The Hall–Kier alpha value is -2.09. The van der Waals surface area contributed by atoms with Crippen LogP contribution in [0.15, 0.2) is 34.9 Å². The van der Waals surface area contributed by atoms with E-state index >= 15 is 0 Å². The largest absolute Gasteiger partial charge is 0.497 e. The molecule has 1 amide bonds. The van der Waals surface area contributed by atoms with Crippen molar-refractivity contribution in [3.8, 4) is 17.1 Å². The number of nitrogens with two attached hydrogens (primary N) is 1. The lowest BCUT2D eigenvalue weighted by Gasteiger charge is -2.29. The molecule has 4 N–H and O–H groups in total. The van der Waals surface area contributed by atoms with Crippen LogP contribution >= 0.6 is 12.4 Å². The summed E-state index contributed by atoms with van der Waals surface area (Å²) in [5.74, 6) is 1.11. The van der Waals surface area contributed by atoms with Gasteiger partial charge in [-0.3, -0.25) is 4.79 Å². The number of hydrogen-bond donors (Lipinski definition) is 3. The van der Waals surface area contributed by atoms with E-state index in [1.54, 1.807) is 13.2 Å². The van der Waals surface area contributed by atoms with Gasteiger partial charge < -0.3 is 25.4 Å². The summed E-state index contributed by atoms with van der Waals surface area (Å²) in [4.78, 5) is 12.2. The lowest BCUT2D eigenvalue weighted by atomic mass is 9.84. The van der Waals surface area contributed by atoms with Crippen molar-refractivity contribution < 1.29 is 19.2 Å². The van der Waals surface area contributed by atoms with Crippen LogP contribution in [0.25, 0.3) is 11.3 Å². The van der Waals surface area contributed by atoms with Gasteiger partial charge in [-0.1, -0.05) is 5.16 Å². The van der Waals surface area contributed by atoms with Gasteiger partial charge in [0.15, 0.2) is 5.76 Å². The number of halogens is 1. The highest BCUT2D eigenvalue weighted by Crippen LogP contribution is 2.25. The van der Waals surface area contributed by atoms with Crippen molar-refractivity contribution in [1.82, 2.24) is 10.5 Å². The molecule has 1 aromatic carbocycles. The Labute approximate surface area is 158 Å². The zero-order valence-corrected chi connectivity index (χ0v) is 15.4. The number of nitrogens with one attached hydrogen (secondary N) is 1. The second-order valence-corrected chi connectivity index (χ2v) is 6.37. The Morgan fingerprint density at radius 1 is 1.38 bits per heavy atom. The van der Waals surface area contributed by atoms with Crippen molar-refractivity contribution in [2.75, 3.05) is 7.11 Å². The fourth-order valence-electron chi connectivity index (χ4n) is 3.02. The number of methoxy groups -OCH3 is 1. The van der Waals surface area contributed by atoms with Crippen molar-refractivity contribution >= 4 is 18.3 Å². The Morgan fingerprint density at radius 3 is 2.77 bits per heavy atom. The van der Waals surface area contributed by atoms with Crippen molar-refractivity contribution in [2.45, 2.75) is 38.0 Å². The minimum atomic E-state index is -0.613. The third-order valence-electron chi connectivity index (χ3n) is 4.62. The topological polar surface area (TPSA) is 111 Å². The highest BCUT2D eigenvalue weighted by molar-refractivity contribution is 5.85. The van der Waals surface area contributed by atoms with Gasteiger partial charge in [0.25, 0.3) is 0 Å². The first-order valence-electron chi connectivity index (χ1n) is 8.38. The summed E-state index contributed by atoms with van der Waals surface area (Å²) in [5.41, 5.74) is 7.30. The molecule has 3 atom stereocenters. The molecule has 0 aliphatic heterocycles. The normalized spacial score (nSPS) is 22.3. The van der Waals surface area contributed by atoms with Gasteiger partial charge in [-0.25, -0.2) is 0 Å². The van der Waals surface area contributed by atoms with Crippen LogP contribution in [0.3, 0.4) is 0 Å². The molecule has 0 spiro atoms. The van der Waals surface area contributed by atoms with Crippen molar-refractivity contribution in [2.24, 2.45) is 11.7 Å². The highest BCUT2D eigenvalue weighted by Gasteiger charge is 2.30. The standard InChI is InChI=1S/C18H23N3O4.ClH/c1-24-14-5-2-11(3-6-14)17-9-13(21-25-17)10-20-18(23)12-4-7-15(19)16(22)8-12;/h2-3,5-6,9,12,15-16,22H,4,7-8,10,19H2,1H3,(H,20,23);1H/t12-,15+,16+;/m0./s1. The number of rotatable bonds is 5. The Balaban J connectivity index is 0.00000243. The number of carbonyl (C=O) groups is 1. The Morgan fingerprint density at radius 2 is 2.12 bits per heavy atom. The number of aromatic nitrogens is 1. The third-order valence-corrected chi connectivity index (χ3v) is 4.62. The summed E-state index contributed by atoms with van der Waals surface area (Å²) >= 11 is 0. The lowest BCUT2D eigenvalue weighted by molar-refractivity contribution is -0.127. The molecule has 0 bridgehead atoms. The molecule has 2 aromatic rings. The molecule has 7 nitrogen and oxygen atoms in total. The molecule has 1 heterocycles. The number of aliphatic hydroxyl groups excluding tert-OH is 1. The number of aliphatic hydroxyl groups is 1. The molecule has 3 rings (SSSR count). The van der Waals surface area contributed by atoms with Crippen LogP contribution in [0.2, 0.25) is 0 Å². The van der Waals surface area contributed by atoms with Crippen LogP contribution < -0.4 is 15.8 Å². The smallest absolute Gasteiger partial charge is 0.223 e. The van der Waals surface area contributed by atoms with Crippen LogP contribution in [0.5, 0.6) is 5.75 Å². The Kier molecular flexibility index (Phi) is 7.02. The molecule has 1 saturated carbocycles. The maximum Gasteiger partial charge on any atom is 0.223 e. The molecule has 1 aromatic heterocycles. The number of carbonyl (C=O) groups excluding carboxylic acids is 1. The summed E-state index contributed by atoms with van der Waals surface area (Å²) in [6.45, 7) is 0.289. The average Bonchev–Trinajstić information content (AvgIpc) is 3.11. The first-order chi connectivity index (χ1) is 12.1. The average molecular weight is 382 g/mol. The Bertz CT molecular complexity index is 719. The predicted octanol–water partition coefficient (Wildman–Crippen LogP) is 1.88. The third kappa shape index (κ3) is 4.75. The van der Waals surface area contributed by atoms with E-state index < -0.39 is 6.10 Å². The van der Waals surface area contributed by atoms with Gasteiger partial charge in [0, 0.05) is 23.6 Å². The molecule has 1 fully saturated rings. The van der Waals surface area contributed by atoms with Gasteiger partial charge in [-0.05, 0) is 43.5 Å². The summed E-state index contributed by atoms with van der Waals surface area (Å²) in [6, 6.07) is 9.03. The van der Waals surface area contributed by atoms with Gasteiger partial charge in [-0.2, -0.15) is 0 Å². The summed E-state index contributed by atoms with van der Waals surface area (Å²) in [7, 11) is 1.61. The van der Waals surface area contributed by atoms with Gasteiger partial charge >= 0.3 is 0 Å². The van der Waals surface area contributed by atoms with E-state index in [1.807, 2.05) is 24.3 Å². The molecule has 1 aliphatic carbocycles. The highest BCUT2D eigenvalue weighted by atomic mass is 35.5. The van der Waals surface area contributed by atoms with Crippen LogP contribution in [0, 0.1) is 5.92 Å². The maximum atomic E-state index is 12.2. The van der Waals surface area contributed by atoms with E-state index in [0.717, 1.165) is 11.3 Å². The van der Waals surface area contributed by atoms with Crippen LogP contribution in [0.4, 0.5) is 0 Å². The summed E-state index contributed by atoms with van der Waals surface area (Å²) in [5, 5.41) is 16.7. The van der Waals surface area contributed by atoms with Gasteiger partial charge in [-0.15, -0.1) is 12.4 Å². The fourth-order valence-corrected chi connectivity index (χ4v) is 3.02. The fraction of sp³-hybridized carbons (Fsp3) is 0.444. The van der Waals surface area contributed by atoms with E-state index in [2.05, 4.69) is 10.5 Å². The molecular formula is C18H24ClN3O4. The number of benzene rings is 1. The number of nitrogens with zero attached hydrogens (tertiary/aromatic N) is 1. The van der Waals surface area contributed by atoms with Crippen molar-refractivity contribution in [1.29, 1.82) is 0 Å². The molecule has 0 saturated heterocycles. The predicted molar refractivity (Wildman–Crippen MR) is 98.9 cm³/mol. The van der Waals surface area contributed by atoms with E-state index in [1.165, 1.54) is 0 Å². The number of amides is 1. The first-order valence-corrected chi connectivity index (χ1v) is 8.38. The molecule has 8 heteroatoms.